The minimum Gasteiger partial charge on any atom is -0.744 e. The van der Waals surface area contributed by atoms with Gasteiger partial charge in [0.25, 0.3) is 0 Å². The van der Waals surface area contributed by atoms with Gasteiger partial charge in [0.15, 0.2) is 0 Å². The van der Waals surface area contributed by atoms with E-state index < -0.39 is 20.2 Å². The molecular weight excluding hydrogens is 777 g/mol. The number of fused-ring (bicyclic) bond motifs is 2. The quantitative estimate of drug-likeness (QED) is 0.0319. The largest absolute Gasteiger partial charge is 2.00 e. The Morgan fingerprint density at radius 2 is 0.596 bits per heavy atom. The summed E-state index contributed by atoms with van der Waals surface area (Å²) in [5.41, 5.74) is 2.27. The van der Waals surface area contributed by atoms with Gasteiger partial charge in [0, 0.05) is 0 Å². The van der Waals surface area contributed by atoms with Crippen LogP contribution in [0.25, 0.3) is 21.5 Å². The SMILES string of the molecule is CCCCCCCCCCCCCCc1cccc2c(S(=O)(=O)[O-])cccc12.CCCCCCCCCCCCCCc1cccc2c(S(=O)(=O)[O-])cccc12.[Ca+2]. The molecule has 0 aliphatic carbocycles. The van der Waals surface area contributed by atoms with Crippen LogP contribution in [0.4, 0.5) is 0 Å². The minimum atomic E-state index is -4.44. The average Bonchev–Trinajstić information content (AvgIpc) is 3.18. The van der Waals surface area contributed by atoms with Crippen molar-refractivity contribution in [1.29, 1.82) is 0 Å². The van der Waals surface area contributed by atoms with Crippen molar-refractivity contribution in [3.8, 4) is 0 Å². The van der Waals surface area contributed by atoms with Crippen molar-refractivity contribution in [2.75, 3.05) is 0 Å². The van der Waals surface area contributed by atoms with Crippen molar-refractivity contribution in [2.24, 2.45) is 0 Å². The zero-order chi connectivity index (χ0) is 40.5. The average molecular weight is 847 g/mol. The fourth-order valence-electron chi connectivity index (χ4n) is 7.88. The summed E-state index contributed by atoms with van der Waals surface area (Å²) in [7, 11) is -8.89. The third-order valence-electron chi connectivity index (χ3n) is 11.1. The molecule has 4 rings (SSSR count). The van der Waals surface area contributed by atoms with Crippen LogP contribution in [0.1, 0.15) is 179 Å². The van der Waals surface area contributed by atoms with E-state index in [-0.39, 0.29) is 47.5 Å². The van der Waals surface area contributed by atoms with Gasteiger partial charge < -0.3 is 9.11 Å². The Kier molecular flexibility index (Phi) is 26.9. The molecule has 4 aromatic rings. The second kappa shape index (κ2) is 29.7. The molecule has 0 saturated carbocycles. The van der Waals surface area contributed by atoms with E-state index in [1.807, 2.05) is 36.4 Å². The summed E-state index contributed by atoms with van der Waals surface area (Å²) in [5, 5.41) is 2.88. The summed E-state index contributed by atoms with van der Waals surface area (Å²) in [6.07, 6.45) is 33.5. The van der Waals surface area contributed by atoms with E-state index in [9.17, 15) is 25.9 Å². The van der Waals surface area contributed by atoms with Crippen LogP contribution in [0.5, 0.6) is 0 Å². The smallest absolute Gasteiger partial charge is 0.744 e. The molecule has 0 atom stereocenters. The van der Waals surface area contributed by atoms with Gasteiger partial charge in [0.1, 0.15) is 20.2 Å². The van der Waals surface area contributed by atoms with Gasteiger partial charge in [0.05, 0.1) is 9.79 Å². The van der Waals surface area contributed by atoms with Crippen molar-refractivity contribution in [3.63, 3.8) is 0 Å². The molecule has 57 heavy (non-hydrogen) atoms. The van der Waals surface area contributed by atoms with Gasteiger partial charge in [-0.1, -0.05) is 216 Å². The zero-order valence-electron chi connectivity index (χ0n) is 35.3. The Hall–Kier alpha value is -1.52. The van der Waals surface area contributed by atoms with Crippen molar-refractivity contribution in [3.05, 3.63) is 83.9 Å². The van der Waals surface area contributed by atoms with Gasteiger partial charge in [-0.2, -0.15) is 0 Å². The maximum Gasteiger partial charge on any atom is 2.00 e. The monoisotopic (exact) mass is 846 g/mol. The number of aryl methyl sites for hydroxylation is 2. The second-order valence-electron chi connectivity index (χ2n) is 15.7. The van der Waals surface area contributed by atoms with Gasteiger partial charge in [-0.25, -0.2) is 16.8 Å². The van der Waals surface area contributed by atoms with Crippen LogP contribution in [-0.4, -0.2) is 63.7 Å². The first-order valence-electron chi connectivity index (χ1n) is 22.0. The summed E-state index contributed by atoms with van der Waals surface area (Å²) in [6, 6.07) is 21.2. The fourth-order valence-corrected chi connectivity index (χ4v) is 9.26. The Morgan fingerprint density at radius 1 is 0.351 bits per heavy atom. The van der Waals surface area contributed by atoms with Gasteiger partial charge in [0.2, 0.25) is 0 Å². The number of hydrogen-bond donors (Lipinski definition) is 0. The molecule has 0 radical (unpaired) electrons. The molecule has 0 unspecified atom stereocenters. The van der Waals surface area contributed by atoms with Crippen LogP contribution in [0.3, 0.4) is 0 Å². The maximum absolute atomic E-state index is 11.5. The predicted octanol–water partition coefficient (Wildman–Crippen LogP) is 13.6. The Balaban J connectivity index is 0.000000387. The van der Waals surface area contributed by atoms with E-state index in [0.717, 1.165) is 47.6 Å². The number of unbranched alkanes of at least 4 members (excludes halogenated alkanes) is 22. The number of benzene rings is 4. The van der Waals surface area contributed by atoms with E-state index >= 15 is 0 Å². The molecule has 0 amide bonds. The van der Waals surface area contributed by atoms with Crippen molar-refractivity contribution in [2.45, 2.75) is 191 Å². The zero-order valence-corrected chi connectivity index (χ0v) is 39.1. The molecule has 312 valence electrons. The summed E-state index contributed by atoms with van der Waals surface area (Å²) in [5.74, 6) is 0. The first-order chi connectivity index (χ1) is 27.1. The third kappa shape index (κ3) is 20.1. The molecule has 6 nitrogen and oxygen atoms in total. The fraction of sp³-hybridized carbons (Fsp3) is 0.583. The normalized spacial score (nSPS) is 11.7. The molecule has 0 aliphatic rings. The first-order valence-corrected chi connectivity index (χ1v) is 24.8. The van der Waals surface area contributed by atoms with Crippen LogP contribution in [0.2, 0.25) is 0 Å². The van der Waals surface area contributed by atoms with Gasteiger partial charge in [-0.3, -0.25) is 0 Å². The van der Waals surface area contributed by atoms with Crippen LogP contribution in [-0.2, 0) is 33.1 Å². The van der Waals surface area contributed by atoms with Crippen LogP contribution < -0.4 is 0 Å². The van der Waals surface area contributed by atoms with E-state index in [0.29, 0.717) is 10.8 Å². The molecule has 0 aliphatic heterocycles. The number of rotatable bonds is 28. The molecule has 0 fully saturated rings. The second-order valence-corrected chi connectivity index (χ2v) is 18.4. The third-order valence-corrected chi connectivity index (χ3v) is 12.9. The Morgan fingerprint density at radius 3 is 0.877 bits per heavy atom. The summed E-state index contributed by atoms with van der Waals surface area (Å²) in [6.45, 7) is 4.52. The van der Waals surface area contributed by atoms with Crippen molar-refractivity contribution >= 4 is 79.5 Å². The summed E-state index contributed by atoms with van der Waals surface area (Å²) in [4.78, 5) is -0.219. The van der Waals surface area contributed by atoms with Crippen LogP contribution >= 0.6 is 0 Å². The molecule has 0 N–H and O–H groups in total. The van der Waals surface area contributed by atoms with E-state index in [2.05, 4.69) is 13.8 Å². The maximum atomic E-state index is 11.5. The molecule has 0 spiro atoms. The topological polar surface area (TPSA) is 114 Å². The molecular formula is C48H70CaO6S2. The first kappa shape index (κ1) is 51.6. The molecule has 0 aromatic heterocycles. The molecule has 0 heterocycles. The van der Waals surface area contributed by atoms with Gasteiger partial charge in [-0.05, 0) is 70.5 Å². The Bertz CT molecular complexity index is 1770. The van der Waals surface area contributed by atoms with E-state index in [1.54, 1.807) is 24.3 Å². The molecule has 0 bridgehead atoms. The van der Waals surface area contributed by atoms with Gasteiger partial charge in [-0.15, -0.1) is 0 Å². The predicted molar refractivity (Wildman–Crippen MR) is 239 cm³/mol. The van der Waals surface area contributed by atoms with E-state index in [4.69, 9.17) is 0 Å². The molecule has 4 aromatic carbocycles. The molecule has 9 heteroatoms. The van der Waals surface area contributed by atoms with Crippen LogP contribution in [0, 0.1) is 0 Å². The minimum absolute atomic E-state index is 0. The van der Waals surface area contributed by atoms with Crippen LogP contribution in [0.15, 0.2) is 82.6 Å². The van der Waals surface area contributed by atoms with E-state index in [1.165, 1.54) is 153 Å². The van der Waals surface area contributed by atoms with Crippen molar-refractivity contribution < 1.29 is 25.9 Å². The van der Waals surface area contributed by atoms with Gasteiger partial charge >= 0.3 is 37.7 Å². The number of hydrogen-bond acceptors (Lipinski definition) is 6. The molecule has 0 saturated heterocycles. The van der Waals surface area contributed by atoms with Crippen molar-refractivity contribution in [1.82, 2.24) is 0 Å². The standard InChI is InChI=1S/2C24H36O3S.Ca/c2*1-2-3-4-5-6-7-8-9-10-11-12-13-16-21-17-14-19-23-22(21)18-15-20-24(23)28(25,26)27;/h2*14-15,17-20H,2-13,16H2,1H3,(H,25,26,27);/q;;+2/p-2. The summed E-state index contributed by atoms with van der Waals surface area (Å²) < 4.78 is 68.9. The summed E-state index contributed by atoms with van der Waals surface area (Å²) >= 11 is 0. The Labute approximate surface area is 376 Å².